The van der Waals surface area contributed by atoms with Gasteiger partial charge in [-0.25, -0.2) is 4.57 Å². The number of nitrogens with one attached hydrogen (secondary N) is 1. The molecule has 0 unspecified atom stereocenters. The van der Waals surface area contributed by atoms with Crippen LogP contribution >= 0.6 is 31.0 Å². The lowest BCUT2D eigenvalue weighted by atomic mass is 10.3. The van der Waals surface area contributed by atoms with E-state index in [1.165, 1.54) is 0 Å². The van der Waals surface area contributed by atoms with E-state index >= 15 is 0 Å². The van der Waals surface area contributed by atoms with Crippen LogP contribution in [0.4, 0.5) is 0 Å². The summed E-state index contributed by atoms with van der Waals surface area (Å²) in [5.41, 5.74) is 0. The summed E-state index contributed by atoms with van der Waals surface area (Å²) in [4.78, 5) is 28.4. The molecule has 0 spiro atoms. The number of rotatable bonds is 6. The molecule has 0 aromatic rings. The highest BCUT2D eigenvalue weighted by Crippen LogP contribution is 2.40. The fourth-order valence-electron chi connectivity index (χ4n) is 0.740. The van der Waals surface area contributed by atoms with Gasteiger partial charge in [-0.2, -0.15) is 0 Å². The summed E-state index contributed by atoms with van der Waals surface area (Å²) in [5.74, 6) is -1.65. The second-order valence-corrected chi connectivity index (χ2v) is 4.89. The van der Waals surface area contributed by atoms with Crippen LogP contribution in [0, 0.1) is 0 Å². The van der Waals surface area contributed by atoms with E-state index in [0.717, 1.165) is 12.8 Å². The Morgan fingerprint density at radius 3 is 2.38 bits per heavy atom. The first-order valence-corrected chi connectivity index (χ1v) is 6.65. The minimum Gasteiger partial charge on any atom is -0.396 e. The van der Waals surface area contributed by atoms with E-state index in [1.54, 1.807) is 0 Å². The number of unbranched alkanes of at least 4 members (excludes halogenated alkanes) is 1. The van der Waals surface area contributed by atoms with Crippen LogP contribution in [0.3, 0.4) is 0 Å². The summed E-state index contributed by atoms with van der Waals surface area (Å²) in [7, 11) is -4.86. The van der Waals surface area contributed by atoms with Gasteiger partial charge in [0, 0.05) is 6.54 Å². The first kappa shape index (κ1) is 15.7. The Balaban J connectivity index is 4.52. The van der Waals surface area contributed by atoms with Crippen LogP contribution < -0.4 is 5.32 Å². The number of amides is 1. The van der Waals surface area contributed by atoms with Gasteiger partial charge in [0.05, 0.1) is 0 Å². The number of phosphoric ester groups is 1. The van der Waals surface area contributed by atoms with Crippen LogP contribution in [0.15, 0.2) is 10.3 Å². The van der Waals surface area contributed by atoms with E-state index in [4.69, 9.17) is 33.0 Å². The molecule has 94 valence electrons. The molecular weight excluding hydrogens is 280 g/mol. The third kappa shape index (κ3) is 7.09. The highest BCUT2D eigenvalue weighted by molar-refractivity contribution is 7.46. The molecule has 0 aliphatic carbocycles. The Morgan fingerprint density at radius 2 is 2.00 bits per heavy atom. The zero-order valence-electron chi connectivity index (χ0n) is 8.44. The first-order chi connectivity index (χ1) is 7.28. The first-order valence-electron chi connectivity index (χ1n) is 4.36. The molecule has 0 saturated carbocycles. The predicted molar refractivity (Wildman–Crippen MR) is 59.8 cm³/mol. The van der Waals surface area contributed by atoms with Gasteiger partial charge in [0.2, 0.25) is 5.76 Å². The van der Waals surface area contributed by atoms with Gasteiger partial charge in [0.15, 0.2) is 4.49 Å². The monoisotopic (exact) mass is 291 g/mol. The van der Waals surface area contributed by atoms with Gasteiger partial charge in [-0.3, -0.25) is 14.6 Å². The van der Waals surface area contributed by atoms with Crippen molar-refractivity contribution in [2.75, 3.05) is 6.54 Å². The second-order valence-electron chi connectivity index (χ2n) is 2.78. The van der Waals surface area contributed by atoms with Crippen LogP contribution in [-0.2, 0) is 13.9 Å². The second kappa shape index (κ2) is 7.14. The van der Waals surface area contributed by atoms with Crippen LogP contribution in [-0.4, -0.2) is 22.2 Å². The van der Waals surface area contributed by atoms with Gasteiger partial charge in [-0.05, 0) is 6.42 Å². The van der Waals surface area contributed by atoms with E-state index < -0.39 is 24.0 Å². The molecule has 9 heteroatoms. The number of hydrogen-bond donors (Lipinski definition) is 3. The van der Waals surface area contributed by atoms with Crippen molar-refractivity contribution in [1.82, 2.24) is 5.32 Å². The normalized spacial score (nSPS) is 10.8. The van der Waals surface area contributed by atoms with Crippen molar-refractivity contribution in [3.05, 3.63) is 10.3 Å². The van der Waals surface area contributed by atoms with Crippen LogP contribution in [0.2, 0.25) is 0 Å². The molecule has 0 heterocycles. The van der Waals surface area contributed by atoms with E-state index in [2.05, 4.69) is 9.84 Å². The Morgan fingerprint density at radius 1 is 1.44 bits per heavy atom. The molecular formula is C7H12Cl2NO5P. The van der Waals surface area contributed by atoms with E-state index in [-0.39, 0.29) is 0 Å². The average Bonchev–Trinajstić information content (AvgIpc) is 2.12. The number of hydrogen-bond acceptors (Lipinski definition) is 3. The van der Waals surface area contributed by atoms with Gasteiger partial charge < -0.3 is 9.84 Å². The molecule has 0 radical (unpaired) electrons. The molecule has 0 aliphatic rings. The van der Waals surface area contributed by atoms with Gasteiger partial charge >= 0.3 is 7.82 Å². The maximum atomic E-state index is 11.3. The Kier molecular flexibility index (Phi) is 7.03. The van der Waals surface area contributed by atoms with Gasteiger partial charge in [0.1, 0.15) is 0 Å². The largest absolute Gasteiger partial charge is 0.525 e. The zero-order chi connectivity index (χ0) is 12.8. The van der Waals surface area contributed by atoms with E-state index in [0.29, 0.717) is 6.54 Å². The molecule has 0 bridgehead atoms. The maximum Gasteiger partial charge on any atom is 0.525 e. The number of carbonyl (C=O) groups excluding carboxylic acids is 1. The highest BCUT2D eigenvalue weighted by Gasteiger charge is 2.25. The zero-order valence-corrected chi connectivity index (χ0v) is 10.8. The summed E-state index contributed by atoms with van der Waals surface area (Å²) < 4.78 is 13.9. The van der Waals surface area contributed by atoms with Crippen molar-refractivity contribution < 1.29 is 23.7 Å². The highest BCUT2D eigenvalue weighted by atomic mass is 35.5. The van der Waals surface area contributed by atoms with E-state index in [1.807, 2.05) is 6.92 Å². The van der Waals surface area contributed by atoms with Gasteiger partial charge in [-0.15, -0.1) is 0 Å². The van der Waals surface area contributed by atoms with Crippen molar-refractivity contribution in [1.29, 1.82) is 0 Å². The number of phosphoric acid groups is 1. The van der Waals surface area contributed by atoms with Gasteiger partial charge in [0.25, 0.3) is 5.91 Å². The van der Waals surface area contributed by atoms with Crippen LogP contribution in [0.5, 0.6) is 0 Å². The maximum absolute atomic E-state index is 11.3. The molecule has 1 amide bonds. The Bertz CT molecular complexity index is 323. The van der Waals surface area contributed by atoms with Crippen molar-refractivity contribution in [3.63, 3.8) is 0 Å². The third-order valence-corrected chi connectivity index (χ3v) is 2.17. The van der Waals surface area contributed by atoms with Crippen molar-refractivity contribution in [3.8, 4) is 0 Å². The summed E-state index contributed by atoms with van der Waals surface area (Å²) in [5, 5.41) is 2.35. The summed E-state index contributed by atoms with van der Waals surface area (Å²) in [6.45, 7) is 2.26. The Labute approximate surface area is 103 Å². The molecule has 0 atom stereocenters. The van der Waals surface area contributed by atoms with Crippen molar-refractivity contribution in [2.24, 2.45) is 0 Å². The summed E-state index contributed by atoms with van der Waals surface area (Å²) >= 11 is 10.5. The molecule has 0 rings (SSSR count). The standard InChI is InChI=1S/C7H12Cl2NO5P/c1-2-3-4-10-7(11)5(6(8)9)15-16(12,13)14/h2-4H2,1H3,(H,10,11)(H2,12,13,14). The lowest BCUT2D eigenvalue weighted by Gasteiger charge is -2.10. The smallest absolute Gasteiger partial charge is 0.396 e. The van der Waals surface area contributed by atoms with Crippen molar-refractivity contribution >= 4 is 36.9 Å². The molecule has 0 fully saturated rings. The summed E-state index contributed by atoms with van der Waals surface area (Å²) in [6, 6.07) is 0. The van der Waals surface area contributed by atoms with E-state index in [9.17, 15) is 9.36 Å². The summed E-state index contributed by atoms with van der Waals surface area (Å²) in [6.07, 6.45) is 1.57. The molecule has 0 aliphatic heterocycles. The Hall–Kier alpha value is -0.260. The van der Waals surface area contributed by atoms with Crippen molar-refractivity contribution in [2.45, 2.75) is 19.8 Å². The number of halogens is 2. The molecule has 0 aromatic carbocycles. The quantitative estimate of drug-likeness (QED) is 0.299. The molecule has 0 saturated heterocycles. The van der Waals surface area contributed by atoms with Crippen LogP contribution in [0.25, 0.3) is 0 Å². The SMILES string of the molecule is CCCCNC(=O)C(OP(=O)(O)O)=C(Cl)Cl. The number of carbonyl (C=O) groups is 1. The fourth-order valence-corrected chi connectivity index (χ4v) is 1.51. The minimum absolute atomic E-state index is 0.338. The third-order valence-electron chi connectivity index (χ3n) is 1.40. The molecule has 3 N–H and O–H groups in total. The predicted octanol–water partition coefficient (Wildman–Crippen LogP) is 1.66. The van der Waals surface area contributed by atoms with Gasteiger partial charge in [-0.1, -0.05) is 36.5 Å². The minimum atomic E-state index is -4.86. The lowest BCUT2D eigenvalue weighted by Crippen LogP contribution is -2.27. The molecule has 0 aromatic heterocycles. The fraction of sp³-hybridized carbons (Fsp3) is 0.571. The topological polar surface area (TPSA) is 95.9 Å². The molecule has 16 heavy (non-hydrogen) atoms. The molecule has 6 nitrogen and oxygen atoms in total. The lowest BCUT2D eigenvalue weighted by molar-refractivity contribution is -0.119. The average molecular weight is 292 g/mol. The van der Waals surface area contributed by atoms with Crippen LogP contribution in [0.1, 0.15) is 19.8 Å².